The van der Waals surface area contributed by atoms with Gasteiger partial charge in [0.2, 0.25) is 0 Å². The molecule has 7 atom stereocenters. The first kappa shape index (κ1) is 24.5. The maximum atomic E-state index is 13.6. The van der Waals surface area contributed by atoms with Gasteiger partial charge in [-0.3, -0.25) is 9.78 Å². The third-order valence-corrected chi connectivity index (χ3v) is 8.18. The predicted octanol–water partition coefficient (Wildman–Crippen LogP) is 5.63. The van der Waals surface area contributed by atoms with Crippen LogP contribution in [0.25, 0.3) is 17.2 Å². The molecule has 1 N–H and O–H groups in total. The molecule has 2 aromatic rings. The monoisotopic (exact) mass is 492 g/mol. The zero-order chi connectivity index (χ0) is 25.2. The fourth-order valence-corrected chi connectivity index (χ4v) is 6.64. The molecule has 0 bridgehead atoms. The van der Waals surface area contributed by atoms with Gasteiger partial charge in [0.25, 0.3) is 0 Å². The van der Waals surface area contributed by atoms with Crippen LogP contribution < -0.4 is 5.32 Å². The lowest BCUT2D eigenvalue weighted by Gasteiger charge is -2.47. The Morgan fingerprint density at radius 2 is 2.08 bits per heavy atom. The van der Waals surface area contributed by atoms with E-state index in [1.165, 1.54) is 12.1 Å². The minimum absolute atomic E-state index is 0.0679. The number of pyridine rings is 1. The number of carbonyl (C=O) groups excluding carboxylic acids is 2. The summed E-state index contributed by atoms with van der Waals surface area (Å²) in [4.78, 5) is 29.2. The van der Waals surface area contributed by atoms with Crippen LogP contribution >= 0.6 is 0 Å². The number of nitrogens with one attached hydrogen (secondary N) is 1. The van der Waals surface area contributed by atoms with Gasteiger partial charge >= 0.3 is 12.1 Å². The van der Waals surface area contributed by atoms with Crippen LogP contribution in [0.4, 0.5) is 9.18 Å². The van der Waals surface area contributed by atoms with E-state index in [1.54, 1.807) is 19.2 Å². The van der Waals surface area contributed by atoms with E-state index in [9.17, 15) is 14.0 Å². The maximum absolute atomic E-state index is 13.6. The van der Waals surface area contributed by atoms with Crippen molar-refractivity contribution in [2.45, 2.75) is 51.7 Å². The number of hydrogen-bond acceptors (Lipinski definition) is 5. The second-order valence-corrected chi connectivity index (χ2v) is 10.3. The van der Waals surface area contributed by atoms with Crippen molar-refractivity contribution in [1.82, 2.24) is 10.3 Å². The van der Waals surface area contributed by atoms with Crippen molar-refractivity contribution in [2.75, 3.05) is 6.61 Å². The lowest BCUT2D eigenvalue weighted by molar-refractivity contribution is -0.144. The summed E-state index contributed by atoms with van der Waals surface area (Å²) in [6.45, 7) is 4.15. The van der Waals surface area contributed by atoms with Crippen molar-refractivity contribution in [3.63, 3.8) is 0 Å². The molecule has 36 heavy (non-hydrogen) atoms. The summed E-state index contributed by atoms with van der Waals surface area (Å²) in [6.07, 6.45) is 9.07. The predicted molar refractivity (Wildman–Crippen MR) is 134 cm³/mol. The molecule has 6 nitrogen and oxygen atoms in total. The minimum Gasteiger partial charge on any atom is -0.462 e. The van der Waals surface area contributed by atoms with Gasteiger partial charge in [0.15, 0.2) is 0 Å². The number of ether oxygens (including phenoxy) is 2. The molecule has 1 aromatic carbocycles. The average molecular weight is 493 g/mol. The highest BCUT2D eigenvalue weighted by molar-refractivity contribution is 5.75. The number of aromatic nitrogens is 1. The quantitative estimate of drug-likeness (QED) is 0.548. The van der Waals surface area contributed by atoms with E-state index in [-0.39, 0.29) is 47.8 Å². The number of halogens is 1. The smallest absolute Gasteiger partial charge is 0.407 e. The summed E-state index contributed by atoms with van der Waals surface area (Å²) in [7, 11) is 0. The number of benzene rings is 1. The van der Waals surface area contributed by atoms with E-state index >= 15 is 0 Å². The van der Waals surface area contributed by atoms with Gasteiger partial charge in [-0.2, -0.15) is 0 Å². The third kappa shape index (κ3) is 5.01. The normalized spacial score (nSPS) is 31.4. The lowest BCUT2D eigenvalue weighted by atomic mass is 9.57. The first-order valence-corrected chi connectivity index (χ1v) is 13.0. The van der Waals surface area contributed by atoms with Crippen LogP contribution in [0.3, 0.4) is 0 Å². The Morgan fingerprint density at radius 1 is 1.22 bits per heavy atom. The zero-order valence-electron chi connectivity index (χ0n) is 20.7. The van der Waals surface area contributed by atoms with Gasteiger partial charge in [-0.1, -0.05) is 24.3 Å². The first-order chi connectivity index (χ1) is 17.4. The Bertz CT molecular complexity index is 1130. The summed E-state index contributed by atoms with van der Waals surface area (Å²) in [6, 6.07) is 10.4. The van der Waals surface area contributed by atoms with Gasteiger partial charge in [-0.15, -0.1) is 0 Å². The number of fused-ring (bicyclic) bond motifs is 2. The van der Waals surface area contributed by atoms with Gasteiger partial charge < -0.3 is 14.8 Å². The molecule has 7 heteroatoms. The standard InChI is InChI=1S/C29H33FN2O4/c1-3-35-29(34)32-23-10-11-24-20(14-23)15-26-27(17(2)36-28(26)33)25(24)12-9-22-8-7-19(16-31-22)18-5-4-6-21(30)13-18/h4-9,12-13,16-17,20,23-27H,3,10-11,14-15H2,1-2H3,(H,32,34)/b12-9+/t17-,20-,23+,24+,25+,26+,27-/m0/s1. The van der Waals surface area contributed by atoms with Gasteiger partial charge in [0.05, 0.1) is 18.2 Å². The van der Waals surface area contributed by atoms with E-state index in [1.807, 2.05) is 31.2 Å². The van der Waals surface area contributed by atoms with E-state index in [4.69, 9.17) is 9.47 Å². The number of rotatable bonds is 5. The number of nitrogens with zero attached hydrogens (tertiary/aromatic N) is 1. The minimum atomic E-state index is -0.368. The maximum Gasteiger partial charge on any atom is 0.407 e. The number of esters is 1. The summed E-state index contributed by atoms with van der Waals surface area (Å²) in [5.74, 6) is 0.629. The second kappa shape index (κ2) is 10.4. The molecule has 2 aliphatic carbocycles. The molecule has 2 heterocycles. The molecular weight excluding hydrogens is 459 g/mol. The molecule has 0 unspecified atom stereocenters. The number of hydrogen-bond donors (Lipinski definition) is 1. The average Bonchev–Trinajstić information content (AvgIpc) is 3.15. The molecule has 1 aliphatic heterocycles. The van der Waals surface area contributed by atoms with E-state index in [0.29, 0.717) is 18.4 Å². The molecule has 3 aliphatic rings. The molecule has 190 valence electrons. The van der Waals surface area contributed by atoms with Crippen molar-refractivity contribution < 1.29 is 23.5 Å². The number of carbonyl (C=O) groups is 2. The summed E-state index contributed by atoms with van der Waals surface area (Å²) >= 11 is 0. The molecule has 5 rings (SSSR count). The zero-order valence-corrected chi connectivity index (χ0v) is 20.7. The molecule has 3 fully saturated rings. The first-order valence-electron chi connectivity index (χ1n) is 13.0. The van der Waals surface area contributed by atoms with Crippen LogP contribution in [0.5, 0.6) is 0 Å². The highest BCUT2D eigenvalue weighted by Gasteiger charge is 2.54. The van der Waals surface area contributed by atoms with Crippen molar-refractivity contribution in [1.29, 1.82) is 0 Å². The second-order valence-electron chi connectivity index (χ2n) is 10.3. The van der Waals surface area contributed by atoms with E-state index in [2.05, 4.69) is 16.4 Å². The Kier molecular flexibility index (Phi) is 7.08. The van der Waals surface area contributed by atoms with Gasteiger partial charge in [-0.25, -0.2) is 9.18 Å². The number of alkyl carbamates (subject to hydrolysis) is 1. The fraction of sp³-hybridized carbons (Fsp3) is 0.483. The third-order valence-electron chi connectivity index (χ3n) is 8.18. The Labute approximate surface area is 211 Å². The summed E-state index contributed by atoms with van der Waals surface area (Å²) in [5.41, 5.74) is 2.48. The topological polar surface area (TPSA) is 77.5 Å². The van der Waals surface area contributed by atoms with Crippen molar-refractivity contribution in [3.8, 4) is 11.1 Å². The lowest BCUT2D eigenvalue weighted by Crippen LogP contribution is -2.48. The van der Waals surface area contributed by atoms with Crippen LogP contribution in [-0.4, -0.2) is 35.8 Å². The van der Waals surface area contributed by atoms with Crippen LogP contribution in [-0.2, 0) is 14.3 Å². The van der Waals surface area contributed by atoms with E-state index in [0.717, 1.165) is 42.5 Å². The van der Waals surface area contributed by atoms with Gasteiger partial charge in [0.1, 0.15) is 11.9 Å². The summed E-state index contributed by atoms with van der Waals surface area (Å²) in [5, 5.41) is 3.00. The number of allylic oxidation sites excluding steroid dienone is 1. The summed E-state index contributed by atoms with van der Waals surface area (Å²) < 4.78 is 24.3. The van der Waals surface area contributed by atoms with Crippen LogP contribution in [0.1, 0.15) is 45.2 Å². The molecule has 1 amide bonds. The van der Waals surface area contributed by atoms with Crippen molar-refractivity contribution >= 4 is 18.1 Å². The highest BCUT2D eigenvalue weighted by Crippen LogP contribution is 2.53. The molecule has 0 spiro atoms. The Balaban J connectivity index is 1.34. The van der Waals surface area contributed by atoms with Crippen molar-refractivity contribution in [3.05, 3.63) is 60.2 Å². The molecular formula is C29H33FN2O4. The fourth-order valence-electron chi connectivity index (χ4n) is 6.64. The van der Waals surface area contributed by atoms with Crippen LogP contribution in [0.15, 0.2) is 48.7 Å². The number of cyclic esters (lactones) is 1. The van der Waals surface area contributed by atoms with Gasteiger partial charge in [-0.05, 0) is 87.1 Å². The van der Waals surface area contributed by atoms with Crippen molar-refractivity contribution in [2.24, 2.45) is 29.6 Å². The highest BCUT2D eigenvalue weighted by atomic mass is 19.1. The SMILES string of the molecule is CCOC(=O)N[C@@H]1CC[C@@H]2[C@@H](C1)C[C@H]1C(=O)O[C@@H](C)[C@H]1[C@@H]2/C=C/c1ccc(-c2cccc(F)c2)cn1. The number of amides is 1. The van der Waals surface area contributed by atoms with Crippen LogP contribution in [0.2, 0.25) is 0 Å². The Morgan fingerprint density at radius 3 is 2.83 bits per heavy atom. The Hall–Kier alpha value is -3.22. The molecule has 0 radical (unpaired) electrons. The molecule has 2 saturated carbocycles. The van der Waals surface area contributed by atoms with E-state index < -0.39 is 0 Å². The van der Waals surface area contributed by atoms with Gasteiger partial charge in [0, 0.05) is 23.7 Å². The largest absolute Gasteiger partial charge is 0.462 e. The molecule has 1 aromatic heterocycles. The van der Waals surface area contributed by atoms with Crippen LogP contribution in [0, 0.1) is 35.4 Å². The molecule has 1 saturated heterocycles.